The molecule has 0 aliphatic carbocycles. The van der Waals surface area contributed by atoms with E-state index in [0.717, 1.165) is 11.5 Å². The van der Waals surface area contributed by atoms with Crippen LogP contribution in [0.5, 0.6) is 0 Å². The van der Waals surface area contributed by atoms with Crippen LogP contribution in [0.1, 0.15) is 56.2 Å². The first-order chi connectivity index (χ1) is 17.3. The van der Waals surface area contributed by atoms with E-state index < -0.39 is 0 Å². The number of rotatable bonds is 6. The zero-order valence-electron chi connectivity index (χ0n) is 22.0. The fourth-order valence-corrected chi connectivity index (χ4v) is 4.96. The van der Waals surface area contributed by atoms with Crippen molar-refractivity contribution in [2.75, 3.05) is 0 Å². The van der Waals surface area contributed by atoms with E-state index in [-0.39, 0.29) is 0 Å². The molecule has 5 rings (SSSR count). The second kappa shape index (κ2) is 9.57. The quantitative estimate of drug-likeness (QED) is 0.254. The number of hydrogen-bond acceptors (Lipinski definition) is 2. The van der Waals surface area contributed by atoms with Gasteiger partial charge in [0.15, 0.2) is 0 Å². The van der Waals surface area contributed by atoms with Gasteiger partial charge in [0.2, 0.25) is 0 Å². The van der Waals surface area contributed by atoms with Gasteiger partial charge >= 0.3 is 0 Å². The van der Waals surface area contributed by atoms with Crippen molar-refractivity contribution < 1.29 is 4.57 Å². The first-order valence-electron chi connectivity index (χ1n) is 12.6. The summed E-state index contributed by atoms with van der Waals surface area (Å²) in [4.78, 5) is 0. The van der Waals surface area contributed by atoms with Crippen LogP contribution in [-0.4, -0.2) is 19.3 Å². The molecule has 5 nitrogen and oxygen atoms in total. The molecule has 5 heteroatoms. The third-order valence-electron chi connectivity index (χ3n) is 6.94. The van der Waals surface area contributed by atoms with Gasteiger partial charge in [0.05, 0.1) is 12.6 Å². The summed E-state index contributed by atoms with van der Waals surface area (Å²) in [6.07, 6.45) is 7.84. The van der Waals surface area contributed by atoms with Gasteiger partial charge in [0.1, 0.15) is 30.7 Å². The van der Waals surface area contributed by atoms with E-state index in [2.05, 4.69) is 134 Å². The van der Waals surface area contributed by atoms with Gasteiger partial charge in [-0.3, -0.25) is 4.57 Å². The molecule has 0 bridgehead atoms. The van der Waals surface area contributed by atoms with Crippen molar-refractivity contribution in [3.05, 3.63) is 102 Å². The number of benzene rings is 3. The monoisotopic (exact) mass is 476 g/mol. The number of hydrogen-bond donors (Lipinski definition) is 0. The SMILES string of the molecule is Cc1ccc(-n2cnnc2)cc1-c1n(-c2c(C(C)C)cc(-c3ccccc3)cc2C(C)C)cc[n+]1C. The predicted molar refractivity (Wildman–Crippen MR) is 146 cm³/mol. The lowest BCUT2D eigenvalue weighted by Crippen LogP contribution is -2.29. The third kappa shape index (κ3) is 4.26. The van der Waals surface area contributed by atoms with Gasteiger partial charge in [-0.05, 0) is 59.7 Å². The molecule has 0 amide bonds. The lowest BCUT2D eigenvalue weighted by molar-refractivity contribution is -0.659. The normalized spacial score (nSPS) is 11.6. The molecular weight excluding hydrogens is 442 g/mol. The lowest BCUT2D eigenvalue weighted by Gasteiger charge is -2.20. The molecule has 0 radical (unpaired) electrons. The first kappa shape index (κ1) is 23.7. The summed E-state index contributed by atoms with van der Waals surface area (Å²) >= 11 is 0. The lowest BCUT2D eigenvalue weighted by atomic mass is 9.88. The fourth-order valence-electron chi connectivity index (χ4n) is 4.96. The molecule has 2 heterocycles. The van der Waals surface area contributed by atoms with Crippen LogP contribution in [0.4, 0.5) is 0 Å². The Balaban J connectivity index is 1.77. The minimum Gasteiger partial charge on any atom is -0.288 e. The van der Waals surface area contributed by atoms with E-state index in [0.29, 0.717) is 11.8 Å². The topological polar surface area (TPSA) is 39.5 Å². The van der Waals surface area contributed by atoms with Crippen LogP contribution in [-0.2, 0) is 7.05 Å². The molecule has 0 atom stereocenters. The van der Waals surface area contributed by atoms with E-state index >= 15 is 0 Å². The Bertz CT molecular complexity index is 1460. The largest absolute Gasteiger partial charge is 0.294 e. The summed E-state index contributed by atoms with van der Waals surface area (Å²) in [5.74, 6) is 1.89. The van der Waals surface area contributed by atoms with E-state index in [1.165, 1.54) is 39.1 Å². The highest BCUT2D eigenvalue weighted by Gasteiger charge is 2.28. The first-order valence-corrected chi connectivity index (χ1v) is 12.6. The average molecular weight is 477 g/mol. The van der Waals surface area contributed by atoms with E-state index in [1.807, 2.05) is 4.57 Å². The van der Waals surface area contributed by atoms with Gasteiger partial charge in [-0.25, -0.2) is 4.57 Å². The summed E-state index contributed by atoms with van der Waals surface area (Å²) in [5.41, 5.74) is 9.96. The van der Waals surface area contributed by atoms with Crippen LogP contribution < -0.4 is 4.57 Å². The molecule has 0 fully saturated rings. The van der Waals surface area contributed by atoms with E-state index in [9.17, 15) is 0 Å². The van der Waals surface area contributed by atoms with E-state index in [4.69, 9.17) is 0 Å². The van der Waals surface area contributed by atoms with Crippen molar-refractivity contribution in [1.82, 2.24) is 19.3 Å². The standard InChI is InChI=1S/C31H34N5/c1-21(2)27-16-25(24-10-8-7-9-11-24)17-28(22(3)4)30(27)36-15-14-34(6)31(36)29-18-26(13-12-23(29)5)35-19-32-33-20-35/h7-22H,1-6H3/q+1. The minimum atomic E-state index is 0.367. The molecule has 182 valence electrons. The van der Waals surface area contributed by atoms with Crippen LogP contribution in [0, 0.1) is 6.92 Å². The Morgan fingerprint density at radius 1 is 0.778 bits per heavy atom. The number of aryl methyl sites for hydroxylation is 2. The molecule has 36 heavy (non-hydrogen) atoms. The van der Waals surface area contributed by atoms with E-state index in [1.54, 1.807) is 12.7 Å². The molecule has 2 aromatic heterocycles. The van der Waals surface area contributed by atoms with Crippen molar-refractivity contribution in [1.29, 1.82) is 0 Å². The summed E-state index contributed by atoms with van der Waals surface area (Å²) in [7, 11) is 2.12. The number of imidazole rings is 1. The zero-order chi connectivity index (χ0) is 25.4. The molecule has 0 saturated carbocycles. The molecule has 0 unspecified atom stereocenters. The summed E-state index contributed by atoms with van der Waals surface area (Å²) in [6, 6.07) is 22.0. The summed E-state index contributed by atoms with van der Waals surface area (Å²) in [6.45, 7) is 11.3. The van der Waals surface area contributed by atoms with Crippen molar-refractivity contribution in [3.8, 4) is 33.9 Å². The van der Waals surface area contributed by atoms with Crippen molar-refractivity contribution in [2.24, 2.45) is 7.05 Å². The molecule has 0 spiro atoms. The average Bonchev–Trinajstić information content (AvgIpc) is 3.54. The van der Waals surface area contributed by atoms with Crippen LogP contribution in [0.2, 0.25) is 0 Å². The molecule has 0 aliphatic rings. The van der Waals surface area contributed by atoms with Gasteiger partial charge in [0, 0.05) is 16.8 Å². The molecule has 5 aromatic rings. The molecule has 0 saturated heterocycles. The Labute approximate surface area is 213 Å². The molecule has 0 N–H and O–H groups in total. The van der Waals surface area contributed by atoms with Crippen molar-refractivity contribution >= 4 is 0 Å². The summed E-state index contributed by atoms with van der Waals surface area (Å²) in [5, 5.41) is 7.99. The Morgan fingerprint density at radius 2 is 1.42 bits per heavy atom. The molecule has 0 aliphatic heterocycles. The third-order valence-corrected chi connectivity index (χ3v) is 6.94. The maximum atomic E-state index is 3.99. The molecular formula is C31H34N5+. The zero-order valence-corrected chi connectivity index (χ0v) is 22.0. The number of nitrogens with zero attached hydrogens (tertiary/aromatic N) is 5. The van der Waals surface area contributed by atoms with Crippen LogP contribution in [0.15, 0.2) is 85.7 Å². The summed E-state index contributed by atoms with van der Waals surface area (Å²) < 4.78 is 6.55. The maximum Gasteiger partial charge on any atom is 0.294 e. The highest BCUT2D eigenvalue weighted by atomic mass is 15.2. The second-order valence-electron chi connectivity index (χ2n) is 10.1. The number of aromatic nitrogens is 5. The second-order valence-corrected chi connectivity index (χ2v) is 10.1. The van der Waals surface area contributed by atoms with Crippen LogP contribution in [0.25, 0.3) is 33.9 Å². The maximum absolute atomic E-state index is 3.99. The molecule has 3 aromatic carbocycles. The van der Waals surface area contributed by atoms with Gasteiger partial charge in [-0.2, -0.15) is 4.57 Å². The minimum absolute atomic E-state index is 0.367. The Morgan fingerprint density at radius 3 is 2.03 bits per heavy atom. The van der Waals surface area contributed by atoms with Gasteiger partial charge in [-0.15, -0.1) is 10.2 Å². The Hall–Kier alpha value is -3.99. The Kier molecular flexibility index (Phi) is 6.31. The van der Waals surface area contributed by atoms with Crippen LogP contribution in [0.3, 0.4) is 0 Å². The van der Waals surface area contributed by atoms with Gasteiger partial charge < -0.3 is 0 Å². The van der Waals surface area contributed by atoms with Gasteiger partial charge in [0.25, 0.3) is 5.82 Å². The van der Waals surface area contributed by atoms with Gasteiger partial charge in [-0.1, -0.05) is 64.1 Å². The van der Waals surface area contributed by atoms with Crippen molar-refractivity contribution in [3.63, 3.8) is 0 Å². The van der Waals surface area contributed by atoms with Crippen LogP contribution >= 0.6 is 0 Å². The predicted octanol–water partition coefficient (Wildman–Crippen LogP) is 6.77. The smallest absolute Gasteiger partial charge is 0.288 e. The van der Waals surface area contributed by atoms with Crippen molar-refractivity contribution in [2.45, 2.75) is 46.5 Å². The highest BCUT2D eigenvalue weighted by molar-refractivity contribution is 5.72. The fraction of sp³-hybridized carbons (Fsp3) is 0.258. The highest BCUT2D eigenvalue weighted by Crippen LogP contribution is 2.38.